The highest BCUT2D eigenvalue weighted by atomic mass is 19.4. The quantitative estimate of drug-likeness (QED) is 0.864. The van der Waals surface area contributed by atoms with Crippen LogP contribution in [0.5, 0.6) is 0 Å². The van der Waals surface area contributed by atoms with Crippen molar-refractivity contribution < 1.29 is 22.7 Å². The lowest BCUT2D eigenvalue weighted by atomic mass is 9.85. The van der Waals surface area contributed by atoms with Crippen LogP contribution < -0.4 is 0 Å². The molecular formula is C13H17F3N2O2. The summed E-state index contributed by atoms with van der Waals surface area (Å²) >= 11 is 0. The van der Waals surface area contributed by atoms with Crippen molar-refractivity contribution in [2.45, 2.75) is 51.1 Å². The zero-order valence-corrected chi connectivity index (χ0v) is 11.2. The highest BCUT2D eigenvalue weighted by Crippen LogP contribution is 2.38. The first-order valence-corrected chi connectivity index (χ1v) is 6.77. The summed E-state index contributed by atoms with van der Waals surface area (Å²) in [4.78, 5) is 11.9. The normalized spacial score (nSPS) is 17.2. The molecule has 1 N–H and O–H groups in total. The van der Waals surface area contributed by atoms with Crippen molar-refractivity contribution in [3.8, 4) is 0 Å². The largest absolute Gasteiger partial charge is 0.462 e. The lowest BCUT2D eigenvalue weighted by molar-refractivity contribution is -0.141. The molecule has 0 aromatic carbocycles. The van der Waals surface area contributed by atoms with Crippen molar-refractivity contribution in [2.75, 3.05) is 6.61 Å². The molecule has 1 aliphatic carbocycles. The first-order chi connectivity index (χ1) is 9.45. The molecule has 1 aromatic heterocycles. The van der Waals surface area contributed by atoms with Gasteiger partial charge in [0.25, 0.3) is 0 Å². The van der Waals surface area contributed by atoms with Crippen molar-refractivity contribution in [1.82, 2.24) is 10.2 Å². The van der Waals surface area contributed by atoms with Crippen LogP contribution in [0.25, 0.3) is 0 Å². The second-order valence-corrected chi connectivity index (χ2v) is 4.91. The van der Waals surface area contributed by atoms with Crippen molar-refractivity contribution in [3.63, 3.8) is 0 Å². The van der Waals surface area contributed by atoms with Crippen molar-refractivity contribution >= 4 is 5.97 Å². The molecule has 0 bridgehead atoms. The number of nitrogens with one attached hydrogen (secondary N) is 1. The summed E-state index contributed by atoms with van der Waals surface area (Å²) < 4.78 is 43.6. The third-order valence-electron chi connectivity index (χ3n) is 3.56. The molecule has 0 amide bonds. The van der Waals surface area contributed by atoms with Crippen LogP contribution in [0, 0.1) is 0 Å². The number of aromatic nitrogens is 2. The Hall–Kier alpha value is -1.53. The minimum absolute atomic E-state index is 0.0332. The van der Waals surface area contributed by atoms with E-state index in [0.29, 0.717) is 0 Å². The summed E-state index contributed by atoms with van der Waals surface area (Å²) in [6, 6.07) is 0. The van der Waals surface area contributed by atoms with E-state index in [2.05, 4.69) is 10.2 Å². The summed E-state index contributed by atoms with van der Waals surface area (Å²) in [5, 5.41) is 5.73. The Kier molecular flexibility index (Phi) is 4.35. The van der Waals surface area contributed by atoms with Crippen LogP contribution in [0.1, 0.15) is 66.7 Å². The number of H-pyrrole nitrogens is 1. The molecule has 0 aliphatic heterocycles. The minimum Gasteiger partial charge on any atom is -0.462 e. The van der Waals surface area contributed by atoms with Crippen LogP contribution in [0.2, 0.25) is 0 Å². The number of ether oxygens (including phenoxy) is 1. The first-order valence-electron chi connectivity index (χ1n) is 6.77. The monoisotopic (exact) mass is 290 g/mol. The predicted molar refractivity (Wildman–Crippen MR) is 65.4 cm³/mol. The third kappa shape index (κ3) is 2.96. The van der Waals surface area contributed by atoms with Gasteiger partial charge >= 0.3 is 12.1 Å². The van der Waals surface area contributed by atoms with Gasteiger partial charge in [0.15, 0.2) is 5.69 Å². The van der Waals surface area contributed by atoms with Gasteiger partial charge < -0.3 is 4.74 Å². The molecule has 1 fully saturated rings. The van der Waals surface area contributed by atoms with Crippen LogP contribution >= 0.6 is 0 Å². The van der Waals surface area contributed by atoms with E-state index >= 15 is 0 Å². The molecule has 4 nitrogen and oxygen atoms in total. The van der Waals surface area contributed by atoms with E-state index in [1.165, 1.54) is 0 Å². The third-order valence-corrected chi connectivity index (χ3v) is 3.56. The lowest BCUT2D eigenvalue weighted by Crippen LogP contribution is -2.17. The van der Waals surface area contributed by atoms with Gasteiger partial charge in [-0.05, 0) is 19.8 Å². The fourth-order valence-electron chi connectivity index (χ4n) is 2.66. The van der Waals surface area contributed by atoms with E-state index in [1.807, 2.05) is 0 Å². The van der Waals surface area contributed by atoms with Gasteiger partial charge in [0.1, 0.15) is 5.56 Å². The van der Waals surface area contributed by atoms with E-state index in [9.17, 15) is 18.0 Å². The number of hydrogen-bond acceptors (Lipinski definition) is 3. The highest BCUT2D eigenvalue weighted by molar-refractivity contribution is 5.92. The second-order valence-electron chi connectivity index (χ2n) is 4.91. The first kappa shape index (κ1) is 14.9. The Labute approximate surface area is 114 Å². The number of carbonyl (C=O) groups is 1. The molecule has 7 heteroatoms. The standard InChI is InChI=1S/C13H17F3N2O2/c1-2-20-12(19)9-10(8-6-4-3-5-7-8)17-18-11(9)13(14,15)16/h8H,2-7H2,1H3,(H,17,18). The molecule has 0 spiro atoms. The fraction of sp³-hybridized carbons (Fsp3) is 0.692. The van der Waals surface area contributed by atoms with Crippen LogP contribution in [-0.2, 0) is 10.9 Å². The summed E-state index contributed by atoms with van der Waals surface area (Å²) in [5.41, 5.74) is -1.33. The zero-order chi connectivity index (χ0) is 14.8. The van der Waals surface area contributed by atoms with E-state index in [1.54, 1.807) is 6.92 Å². The van der Waals surface area contributed by atoms with Gasteiger partial charge in [-0.1, -0.05) is 19.3 Å². The summed E-state index contributed by atoms with van der Waals surface area (Å²) in [6.07, 6.45) is -0.143. The molecule has 112 valence electrons. The van der Waals surface area contributed by atoms with E-state index in [4.69, 9.17) is 4.74 Å². The summed E-state index contributed by atoms with van der Waals surface area (Å²) in [5.74, 6) is -1.03. The summed E-state index contributed by atoms with van der Waals surface area (Å²) in [6.45, 7) is 1.59. The zero-order valence-electron chi connectivity index (χ0n) is 11.2. The molecule has 0 atom stereocenters. The Bertz CT molecular complexity index is 476. The maximum atomic E-state index is 12.9. The Morgan fingerprint density at radius 3 is 2.55 bits per heavy atom. The van der Waals surface area contributed by atoms with Crippen molar-refractivity contribution in [1.29, 1.82) is 0 Å². The van der Waals surface area contributed by atoms with Crippen LogP contribution in [-0.4, -0.2) is 22.8 Å². The highest BCUT2D eigenvalue weighted by Gasteiger charge is 2.42. The molecule has 2 rings (SSSR count). The predicted octanol–water partition coefficient (Wildman–Crippen LogP) is 3.65. The number of esters is 1. The number of hydrogen-bond donors (Lipinski definition) is 1. The molecular weight excluding hydrogens is 273 g/mol. The number of nitrogens with zero attached hydrogens (tertiary/aromatic N) is 1. The SMILES string of the molecule is CCOC(=O)c1c(C(F)(F)F)n[nH]c1C1CCCCC1. The van der Waals surface area contributed by atoms with Crippen molar-refractivity contribution in [3.05, 3.63) is 17.0 Å². The van der Waals surface area contributed by atoms with E-state index in [0.717, 1.165) is 32.1 Å². The van der Waals surface area contributed by atoms with Gasteiger partial charge in [-0.3, -0.25) is 5.10 Å². The van der Waals surface area contributed by atoms with Crippen molar-refractivity contribution in [2.24, 2.45) is 0 Å². The number of halogens is 3. The average molecular weight is 290 g/mol. The van der Waals surface area contributed by atoms with Gasteiger partial charge in [0.05, 0.1) is 12.3 Å². The minimum atomic E-state index is -4.66. The van der Waals surface area contributed by atoms with Crippen LogP contribution in [0.3, 0.4) is 0 Å². The molecule has 20 heavy (non-hydrogen) atoms. The maximum absolute atomic E-state index is 12.9. The molecule has 0 saturated heterocycles. The molecule has 1 aliphatic rings. The second kappa shape index (κ2) is 5.85. The van der Waals surface area contributed by atoms with Gasteiger partial charge in [-0.15, -0.1) is 0 Å². The van der Waals surface area contributed by atoms with E-state index < -0.39 is 23.4 Å². The molecule has 1 aromatic rings. The van der Waals surface area contributed by atoms with Gasteiger partial charge in [0.2, 0.25) is 0 Å². The molecule has 1 heterocycles. The topological polar surface area (TPSA) is 55.0 Å². The lowest BCUT2D eigenvalue weighted by Gasteiger charge is -2.21. The number of rotatable bonds is 3. The molecule has 1 saturated carbocycles. The van der Waals surface area contributed by atoms with E-state index in [-0.39, 0.29) is 18.2 Å². The molecule has 0 unspecified atom stereocenters. The smallest absolute Gasteiger partial charge is 0.436 e. The average Bonchev–Trinajstić information content (AvgIpc) is 2.84. The van der Waals surface area contributed by atoms with Crippen LogP contribution in [0.15, 0.2) is 0 Å². The number of aromatic amines is 1. The van der Waals surface area contributed by atoms with Crippen LogP contribution in [0.4, 0.5) is 13.2 Å². The maximum Gasteiger partial charge on any atom is 0.436 e. The van der Waals surface area contributed by atoms with Gasteiger partial charge in [-0.25, -0.2) is 4.79 Å². The molecule has 0 radical (unpaired) electrons. The fourth-order valence-corrected chi connectivity index (χ4v) is 2.66. The number of alkyl halides is 3. The van der Waals surface area contributed by atoms with Gasteiger partial charge in [-0.2, -0.15) is 18.3 Å². The Balaban J connectivity index is 2.40. The Morgan fingerprint density at radius 1 is 1.35 bits per heavy atom. The Morgan fingerprint density at radius 2 is 2.00 bits per heavy atom. The number of carbonyl (C=O) groups excluding carboxylic acids is 1. The summed E-state index contributed by atoms with van der Waals surface area (Å²) in [7, 11) is 0. The van der Waals surface area contributed by atoms with Gasteiger partial charge in [0, 0.05) is 5.92 Å².